The van der Waals surface area contributed by atoms with Crippen molar-refractivity contribution in [1.82, 2.24) is 15.3 Å². The van der Waals surface area contributed by atoms with Gasteiger partial charge in [-0.1, -0.05) is 12.8 Å². The fourth-order valence-corrected chi connectivity index (χ4v) is 4.40. The molecule has 0 radical (unpaired) electrons. The largest absolute Gasteiger partial charge is 0.351 e. The summed E-state index contributed by atoms with van der Waals surface area (Å²) in [5.41, 5.74) is 2.22. The molecule has 162 valence electrons. The van der Waals surface area contributed by atoms with Gasteiger partial charge >= 0.3 is 0 Å². The van der Waals surface area contributed by atoms with Gasteiger partial charge in [-0.05, 0) is 49.9 Å². The Morgan fingerprint density at radius 1 is 1.10 bits per heavy atom. The lowest BCUT2D eigenvalue weighted by Gasteiger charge is -2.30. The molecule has 2 aliphatic carbocycles. The van der Waals surface area contributed by atoms with Crippen LogP contribution in [0.25, 0.3) is 0 Å². The van der Waals surface area contributed by atoms with E-state index in [4.69, 9.17) is 4.98 Å². The summed E-state index contributed by atoms with van der Waals surface area (Å²) < 4.78 is 0. The van der Waals surface area contributed by atoms with Crippen LogP contribution >= 0.6 is 0 Å². The standard InChI is InChI=1S/C23H28N6O2/c1-28-19-14-24-23(26-17-8-6-15(7-9-17)22(31)25-16-10-11-16)27-21(19)29(13-12-20(28)30)18-4-2-3-5-18/h6-9,14,16,18H,2-5,10-13H2,1H3,(H,25,31)(H,24,26,27). The van der Waals surface area contributed by atoms with Crippen LogP contribution in [0, 0.1) is 0 Å². The van der Waals surface area contributed by atoms with E-state index >= 15 is 0 Å². The summed E-state index contributed by atoms with van der Waals surface area (Å²) in [7, 11) is 1.79. The van der Waals surface area contributed by atoms with Gasteiger partial charge in [0.05, 0.1) is 6.20 Å². The summed E-state index contributed by atoms with van der Waals surface area (Å²) in [6.07, 6.45) is 9.06. The summed E-state index contributed by atoms with van der Waals surface area (Å²) in [6, 6.07) is 8.10. The SMILES string of the molecule is CN1C(=O)CCN(C2CCCC2)c2nc(Nc3ccc(C(=O)NC4CC4)cc3)ncc21. The van der Waals surface area contributed by atoms with Crippen molar-refractivity contribution in [3.05, 3.63) is 36.0 Å². The summed E-state index contributed by atoms with van der Waals surface area (Å²) in [5, 5.41) is 6.24. The number of hydrogen-bond acceptors (Lipinski definition) is 6. The molecule has 2 heterocycles. The minimum Gasteiger partial charge on any atom is -0.351 e. The van der Waals surface area contributed by atoms with Crippen LogP contribution in [-0.4, -0.2) is 47.5 Å². The van der Waals surface area contributed by atoms with Gasteiger partial charge in [0.15, 0.2) is 5.82 Å². The molecule has 1 aliphatic heterocycles. The van der Waals surface area contributed by atoms with Gasteiger partial charge < -0.3 is 20.4 Å². The average molecular weight is 421 g/mol. The number of anilines is 4. The molecule has 1 aromatic carbocycles. The maximum absolute atomic E-state index is 12.5. The number of nitrogens with zero attached hydrogens (tertiary/aromatic N) is 4. The van der Waals surface area contributed by atoms with E-state index in [1.54, 1.807) is 30.3 Å². The molecule has 2 amide bonds. The third-order valence-corrected chi connectivity index (χ3v) is 6.41. The van der Waals surface area contributed by atoms with E-state index < -0.39 is 0 Å². The van der Waals surface area contributed by atoms with Gasteiger partial charge in [0.25, 0.3) is 5.91 Å². The molecule has 0 bridgehead atoms. The third kappa shape index (κ3) is 4.19. The first-order valence-corrected chi connectivity index (χ1v) is 11.2. The predicted octanol–water partition coefficient (Wildman–Crippen LogP) is 3.23. The van der Waals surface area contributed by atoms with E-state index in [9.17, 15) is 9.59 Å². The van der Waals surface area contributed by atoms with Crippen LogP contribution in [-0.2, 0) is 4.79 Å². The first kappa shape index (κ1) is 19.8. The molecular formula is C23H28N6O2. The van der Waals surface area contributed by atoms with Crippen molar-refractivity contribution in [3.8, 4) is 0 Å². The van der Waals surface area contributed by atoms with Crippen molar-refractivity contribution in [2.24, 2.45) is 0 Å². The maximum Gasteiger partial charge on any atom is 0.251 e. The summed E-state index contributed by atoms with van der Waals surface area (Å²) in [6.45, 7) is 0.683. The summed E-state index contributed by atoms with van der Waals surface area (Å²) in [5.74, 6) is 1.36. The second-order valence-corrected chi connectivity index (χ2v) is 8.69. The Bertz CT molecular complexity index is 982. The zero-order chi connectivity index (χ0) is 21.4. The van der Waals surface area contributed by atoms with E-state index in [2.05, 4.69) is 20.5 Å². The van der Waals surface area contributed by atoms with E-state index in [0.717, 1.165) is 42.9 Å². The van der Waals surface area contributed by atoms with Crippen LogP contribution in [0.1, 0.15) is 55.3 Å². The van der Waals surface area contributed by atoms with Gasteiger partial charge in [0.2, 0.25) is 11.9 Å². The lowest BCUT2D eigenvalue weighted by atomic mass is 10.2. The van der Waals surface area contributed by atoms with Crippen LogP contribution < -0.4 is 20.4 Å². The highest BCUT2D eigenvalue weighted by Crippen LogP contribution is 2.36. The van der Waals surface area contributed by atoms with E-state index in [1.165, 1.54) is 12.8 Å². The highest BCUT2D eigenvalue weighted by Gasteiger charge is 2.31. The Morgan fingerprint density at radius 3 is 2.55 bits per heavy atom. The van der Waals surface area contributed by atoms with Crippen molar-refractivity contribution in [3.63, 3.8) is 0 Å². The van der Waals surface area contributed by atoms with Crippen molar-refractivity contribution in [2.75, 3.05) is 28.7 Å². The summed E-state index contributed by atoms with van der Waals surface area (Å²) >= 11 is 0. The van der Waals surface area contributed by atoms with Crippen molar-refractivity contribution in [1.29, 1.82) is 0 Å². The van der Waals surface area contributed by atoms with Gasteiger partial charge in [0, 0.05) is 43.3 Å². The van der Waals surface area contributed by atoms with Gasteiger partial charge in [-0.25, -0.2) is 4.98 Å². The number of amides is 2. The molecule has 0 unspecified atom stereocenters. The second kappa shape index (κ2) is 8.17. The zero-order valence-corrected chi connectivity index (χ0v) is 17.8. The summed E-state index contributed by atoms with van der Waals surface area (Å²) in [4.78, 5) is 37.9. The molecule has 2 aromatic rings. The Hall–Kier alpha value is -3.16. The van der Waals surface area contributed by atoms with Gasteiger partial charge in [-0.15, -0.1) is 0 Å². The van der Waals surface area contributed by atoms with Crippen LogP contribution in [0.3, 0.4) is 0 Å². The van der Waals surface area contributed by atoms with Crippen LogP contribution in [0.2, 0.25) is 0 Å². The molecule has 0 spiro atoms. The number of fused-ring (bicyclic) bond motifs is 1. The van der Waals surface area contributed by atoms with Gasteiger partial charge in [0.1, 0.15) is 5.69 Å². The third-order valence-electron chi connectivity index (χ3n) is 6.41. The van der Waals surface area contributed by atoms with Crippen LogP contribution in [0.4, 0.5) is 23.1 Å². The predicted molar refractivity (Wildman–Crippen MR) is 120 cm³/mol. The quantitative estimate of drug-likeness (QED) is 0.772. The number of nitrogens with one attached hydrogen (secondary N) is 2. The Labute approximate surface area is 182 Å². The lowest BCUT2D eigenvalue weighted by molar-refractivity contribution is -0.118. The Morgan fingerprint density at radius 2 is 1.84 bits per heavy atom. The zero-order valence-electron chi connectivity index (χ0n) is 17.8. The molecule has 2 N–H and O–H groups in total. The number of carbonyl (C=O) groups excluding carboxylic acids is 2. The number of hydrogen-bond donors (Lipinski definition) is 2. The first-order chi connectivity index (χ1) is 15.1. The van der Waals surface area contributed by atoms with E-state index in [-0.39, 0.29) is 11.8 Å². The monoisotopic (exact) mass is 420 g/mol. The minimum atomic E-state index is -0.0322. The topological polar surface area (TPSA) is 90.5 Å². The van der Waals surface area contributed by atoms with Crippen molar-refractivity contribution in [2.45, 2.75) is 57.0 Å². The van der Waals surface area contributed by atoms with Crippen LogP contribution in [0.15, 0.2) is 30.5 Å². The van der Waals surface area contributed by atoms with Gasteiger partial charge in [-0.3, -0.25) is 9.59 Å². The molecule has 2 fully saturated rings. The molecule has 2 saturated carbocycles. The molecule has 8 nitrogen and oxygen atoms in total. The van der Waals surface area contributed by atoms with Crippen molar-refractivity contribution >= 4 is 35.0 Å². The number of carbonyl (C=O) groups is 2. The van der Waals surface area contributed by atoms with Crippen molar-refractivity contribution < 1.29 is 9.59 Å². The molecule has 8 heteroatoms. The molecule has 0 atom stereocenters. The minimum absolute atomic E-state index is 0.0322. The molecule has 1 aromatic heterocycles. The first-order valence-electron chi connectivity index (χ1n) is 11.2. The fraction of sp³-hybridized carbons (Fsp3) is 0.478. The number of rotatable bonds is 5. The Kier molecular flexibility index (Phi) is 5.21. The second-order valence-electron chi connectivity index (χ2n) is 8.69. The van der Waals surface area contributed by atoms with E-state index in [0.29, 0.717) is 36.6 Å². The maximum atomic E-state index is 12.5. The smallest absolute Gasteiger partial charge is 0.251 e. The fourth-order valence-electron chi connectivity index (χ4n) is 4.40. The number of aromatic nitrogens is 2. The average Bonchev–Trinajstić information content (AvgIpc) is 3.45. The number of benzene rings is 1. The normalized spacial score (nSPS) is 19.2. The molecule has 0 saturated heterocycles. The molecule has 31 heavy (non-hydrogen) atoms. The molecule has 3 aliphatic rings. The lowest BCUT2D eigenvalue weighted by Crippen LogP contribution is -2.34. The Balaban J connectivity index is 1.37. The van der Waals surface area contributed by atoms with Gasteiger partial charge in [-0.2, -0.15) is 4.98 Å². The van der Waals surface area contributed by atoms with Crippen LogP contribution in [0.5, 0.6) is 0 Å². The molecular weight excluding hydrogens is 392 g/mol. The molecule has 5 rings (SSSR count). The highest BCUT2D eigenvalue weighted by atomic mass is 16.2. The van der Waals surface area contributed by atoms with E-state index in [1.807, 2.05) is 12.1 Å². The highest BCUT2D eigenvalue weighted by molar-refractivity contribution is 5.97.